The van der Waals surface area contributed by atoms with Crippen LogP contribution in [0.15, 0.2) is 0 Å². The Bertz CT molecular complexity index is 210. The minimum atomic E-state index is -0.0378. The summed E-state index contributed by atoms with van der Waals surface area (Å²) in [5.74, 6) is 0. The Hall–Kier alpha value is -0.630. The summed E-state index contributed by atoms with van der Waals surface area (Å²) in [7, 11) is 2.03. The molecule has 86 valence electrons. The fourth-order valence-corrected chi connectivity index (χ4v) is 1.43. The number of ether oxygens (including phenoxy) is 1. The van der Waals surface area contributed by atoms with Crippen LogP contribution in [-0.4, -0.2) is 50.3 Å². The van der Waals surface area contributed by atoms with E-state index in [9.17, 15) is 0 Å². The zero-order valence-corrected chi connectivity index (χ0v) is 9.70. The molecule has 4 heteroatoms. The zero-order valence-electron chi connectivity index (χ0n) is 9.70. The Balaban J connectivity index is 2.10. The Morgan fingerprint density at radius 1 is 1.60 bits per heavy atom. The summed E-state index contributed by atoms with van der Waals surface area (Å²) >= 11 is 0. The van der Waals surface area contributed by atoms with Gasteiger partial charge in [0.05, 0.1) is 12.7 Å². The summed E-state index contributed by atoms with van der Waals surface area (Å²) in [5.41, 5.74) is 0. The van der Waals surface area contributed by atoms with Crippen molar-refractivity contribution in [3.05, 3.63) is 0 Å². The zero-order chi connectivity index (χ0) is 11.1. The quantitative estimate of drug-likeness (QED) is 0.597. The molecule has 0 radical (unpaired) electrons. The van der Waals surface area contributed by atoms with Gasteiger partial charge in [-0.15, -0.1) is 0 Å². The Kier molecular flexibility index (Phi) is 5.62. The predicted molar refractivity (Wildman–Crippen MR) is 59.5 cm³/mol. The molecule has 0 amide bonds. The van der Waals surface area contributed by atoms with E-state index in [4.69, 9.17) is 10.00 Å². The Morgan fingerprint density at radius 3 is 2.87 bits per heavy atom. The van der Waals surface area contributed by atoms with E-state index in [1.165, 1.54) is 12.8 Å². The molecule has 0 aromatic rings. The maximum atomic E-state index is 8.95. The molecule has 1 rings (SSSR count). The highest BCUT2D eigenvalue weighted by atomic mass is 16.5. The Morgan fingerprint density at radius 2 is 2.33 bits per heavy atom. The molecular formula is C11H21N3O. The van der Waals surface area contributed by atoms with Crippen molar-refractivity contribution >= 4 is 0 Å². The van der Waals surface area contributed by atoms with Gasteiger partial charge >= 0.3 is 0 Å². The number of rotatable bonds is 8. The maximum absolute atomic E-state index is 8.95. The first-order chi connectivity index (χ1) is 7.26. The van der Waals surface area contributed by atoms with Crippen LogP contribution in [0.25, 0.3) is 0 Å². The van der Waals surface area contributed by atoms with Gasteiger partial charge in [0, 0.05) is 25.7 Å². The van der Waals surface area contributed by atoms with E-state index >= 15 is 0 Å². The normalized spacial score (nSPS) is 17.7. The molecule has 0 saturated heterocycles. The van der Waals surface area contributed by atoms with Gasteiger partial charge in [-0.3, -0.25) is 5.32 Å². The fourth-order valence-electron chi connectivity index (χ4n) is 1.43. The summed E-state index contributed by atoms with van der Waals surface area (Å²) in [6.07, 6.45) is 2.45. The third kappa shape index (κ3) is 5.73. The van der Waals surface area contributed by atoms with Crippen LogP contribution in [0.5, 0.6) is 0 Å². The third-order valence-corrected chi connectivity index (χ3v) is 2.49. The average molecular weight is 211 g/mol. The summed E-state index contributed by atoms with van der Waals surface area (Å²) in [6, 6.07) is 2.86. The second kappa shape index (κ2) is 6.78. The second-order valence-corrected chi connectivity index (χ2v) is 4.08. The van der Waals surface area contributed by atoms with E-state index < -0.39 is 0 Å². The van der Waals surface area contributed by atoms with E-state index in [0.717, 1.165) is 26.3 Å². The van der Waals surface area contributed by atoms with Crippen molar-refractivity contribution in [2.75, 3.05) is 33.4 Å². The van der Waals surface area contributed by atoms with Gasteiger partial charge in [-0.25, -0.2) is 0 Å². The highest BCUT2D eigenvalue weighted by Gasteiger charge is 2.24. The van der Waals surface area contributed by atoms with Crippen molar-refractivity contribution in [2.45, 2.75) is 31.8 Å². The summed E-state index contributed by atoms with van der Waals surface area (Å²) in [5, 5.41) is 12.3. The van der Waals surface area contributed by atoms with Crippen LogP contribution < -0.4 is 5.32 Å². The molecule has 15 heavy (non-hydrogen) atoms. The predicted octanol–water partition coefficient (Wildman–Crippen LogP) is 0.599. The molecule has 1 unspecified atom stereocenters. The lowest BCUT2D eigenvalue weighted by molar-refractivity contribution is 0.120. The van der Waals surface area contributed by atoms with Gasteiger partial charge in [-0.2, -0.15) is 5.26 Å². The SMILES string of the molecule is CCOCCN(C)CC(C#N)NC1CC1. The van der Waals surface area contributed by atoms with Gasteiger partial charge in [0.25, 0.3) is 0 Å². The van der Waals surface area contributed by atoms with Crippen molar-refractivity contribution in [3.63, 3.8) is 0 Å². The van der Waals surface area contributed by atoms with E-state index in [2.05, 4.69) is 16.3 Å². The number of nitrogens with one attached hydrogen (secondary N) is 1. The van der Waals surface area contributed by atoms with Crippen LogP contribution in [0.1, 0.15) is 19.8 Å². The molecule has 0 heterocycles. The van der Waals surface area contributed by atoms with E-state index in [0.29, 0.717) is 6.04 Å². The van der Waals surface area contributed by atoms with Crippen LogP contribution in [0.2, 0.25) is 0 Å². The van der Waals surface area contributed by atoms with Gasteiger partial charge in [0.2, 0.25) is 0 Å². The summed E-state index contributed by atoms with van der Waals surface area (Å²) in [4.78, 5) is 2.14. The molecule has 0 aromatic carbocycles. The molecular weight excluding hydrogens is 190 g/mol. The fraction of sp³-hybridized carbons (Fsp3) is 0.909. The monoisotopic (exact) mass is 211 g/mol. The third-order valence-electron chi connectivity index (χ3n) is 2.49. The molecule has 4 nitrogen and oxygen atoms in total. The summed E-state index contributed by atoms with van der Waals surface area (Å²) < 4.78 is 5.27. The molecule has 0 aromatic heterocycles. The highest BCUT2D eigenvalue weighted by molar-refractivity contribution is 4.97. The maximum Gasteiger partial charge on any atom is 0.108 e. The van der Waals surface area contributed by atoms with Gasteiger partial charge in [-0.05, 0) is 26.8 Å². The molecule has 0 aliphatic heterocycles. The summed E-state index contributed by atoms with van der Waals surface area (Å²) in [6.45, 7) is 5.16. The Labute approximate surface area is 92.2 Å². The van der Waals surface area contributed by atoms with Crippen molar-refractivity contribution in [1.82, 2.24) is 10.2 Å². The molecule has 1 saturated carbocycles. The van der Waals surface area contributed by atoms with Gasteiger partial charge in [0.15, 0.2) is 0 Å². The number of nitrogens with zero attached hydrogens (tertiary/aromatic N) is 2. The first kappa shape index (κ1) is 12.4. The van der Waals surface area contributed by atoms with Gasteiger partial charge in [-0.1, -0.05) is 0 Å². The molecule has 1 atom stereocenters. The average Bonchev–Trinajstić information content (AvgIpc) is 3.01. The number of nitriles is 1. The molecule has 1 aliphatic carbocycles. The minimum absolute atomic E-state index is 0.0378. The van der Waals surface area contributed by atoms with E-state index in [1.54, 1.807) is 0 Å². The van der Waals surface area contributed by atoms with Crippen LogP contribution >= 0.6 is 0 Å². The van der Waals surface area contributed by atoms with Crippen molar-refractivity contribution in [3.8, 4) is 6.07 Å². The lowest BCUT2D eigenvalue weighted by Gasteiger charge is -2.20. The molecule has 1 fully saturated rings. The lowest BCUT2D eigenvalue weighted by atomic mass is 10.3. The van der Waals surface area contributed by atoms with Crippen LogP contribution in [0, 0.1) is 11.3 Å². The van der Waals surface area contributed by atoms with Crippen molar-refractivity contribution < 1.29 is 4.74 Å². The van der Waals surface area contributed by atoms with Crippen LogP contribution in [-0.2, 0) is 4.74 Å². The van der Waals surface area contributed by atoms with E-state index in [-0.39, 0.29) is 6.04 Å². The van der Waals surface area contributed by atoms with Gasteiger partial charge < -0.3 is 9.64 Å². The smallest absolute Gasteiger partial charge is 0.108 e. The molecule has 1 aliphatic rings. The standard InChI is InChI=1S/C11H21N3O/c1-3-15-7-6-14(2)9-11(8-12)13-10-4-5-10/h10-11,13H,3-7,9H2,1-2H3. The van der Waals surface area contributed by atoms with Crippen molar-refractivity contribution in [2.24, 2.45) is 0 Å². The molecule has 0 spiro atoms. The largest absolute Gasteiger partial charge is 0.380 e. The lowest BCUT2D eigenvalue weighted by Crippen LogP contribution is -2.40. The number of hydrogen-bond donors (Lipinski definition) is 1. The van der Waals surface area contributed by atoms with Crippen LogP contribution in [0.3, 0.4) is 0 Å². The molecule has 0 bridgehead atoms. The topological polar surface area (TPSA) is 48.3 Å². The minimum Gasteiger partial charge on any atom is -0.380 e. The highest BCUT2D eigenvalue weighted by Crippen LogP contribution is 2.19. The number of likely N-dealkylation sites (N-methyl/N-ethyl adjacent to an activating group) is 1. The second-order valence-electron chi connectivity index (χ2n) is 4.08. The van der Waals surface area contributed by atoms with Gasteiger partial charge in [0.1, 0.15) is 6.04 Å². The van der Waals surface area contributed by atoms with Crippen LogP contribution in [0.4, 0.5) is 0 Å². The first-order valence-corrected chi connectivity index (χ1v) is 5.68. The first-order valence-electron chi connectivity index (χ1n) is 5.68. The van der Waals surface area contributed by atoms with E-state index in [1.807, 2.05) is 14.0 Å². The van der Waals surface area contributed by atoms with Crippen molar-refractivity contribution in [1.29, 1.82) is 5.26 Å². The number of hydrogen-bond acceptors (Lipinski definition) is 4. The molecule has 1 N–H and O–H groups in total.